The number of nitrogens with one attached hydrogen (secondary N) is 1. The third kappa shape index (κ3) is 4.88. The molecule has 0 spiro atoms. The van der Waals surface area contributed by atoms with Crippen LogP contribution < -0.4 is 16.0 Å². The molecule has 33 heavy (non-hydrogen) atoms. The summed E-state index contributed by atoms with van der Waals surface area (Å²) in [5, 5.41) is 2.85. The molecule has 1 aromatic heterocycles. The molecule has 10 nitrogen and oxygen atoms in total. The zero-order valence-corrected chi connectivity index (χ0v) is 19.0. The molecule has 2 aliphatic heterocycles. The number of methoxy groups -OCH3 is 1. The highest BCUT2D eigenvalue weighted by molar-refractivity contribution is 6.01. The Labute approximate surface area is 191 Å². The summed E-state index contributed by atoms with van der Waals surface area (Å²) in [7, 11) is 1.52. The molecular weight excluding hydrogens is 430 g/mol. The number of amides is 3. The molecule has 2 aromatic rings. The Morgan fingerprint density at radius 3 is 2.55 bits per heavy atom. The average Bonchev–Trinajstić information content (AvgIpc) is 3.43. The summed E-state index contributed by atoms with van der Waals surface area (Å²) in [4.78, 5) is 26.9. The number of carbonyl (C=O) groups is 2. The number of anilines is 2. The van der Waals surface area contributed by atoms with E-state index in [2.05, 4.69) is 5.32 Å². The van der Waals surface area contributed by atoms with Crippen LogP contribution in [0.1, 0.15) is 25.8 Å². The lowest BCUT2D eigenvalue weighted by Gasteiger charge is -2.36. The summed E-state index contributed by atoms with van der Waals surface area (Å²) in [5.74, 6) is -1.24. The van der Waals surface area contributed by atoms with Gasteiger partial charge < -0.3 is 34.4 Å². The molecule has 2 saturated heterocycles. The molecule has 4 rings (SSSR count). The second-order valence-corrected chi connectivity index (χ2v) is 8.62. The van der Waals surface area contributed by atoms with Crippen molar-refractivity contribution in [2.45, 2.75) is 63.6 Å². The van der Waals surface area contributed by atoms with Crippen LogP contribution >= 0.6 is 0 Å². The highest BCUT2D eigenvalue weighted by Gasteiger charge is 2.58. The minimum absolute atomic E-state index is 0.199. The van der Waals surface area contributed by atoms with Crippen molar-refractivity contribution in [3.8, 4) is 0 Å². The van der Waals surface area contributed by atoms with Gasteiger partial charge in [-0.2, -0.15) is 0 Å². The van der Waals surface area contributed by atoms with Gasteiger partial charge in [0, 0.05) is 18.9 Å². The third-order valence-corrected chi connectivity index (χ3v) is 5.69. The van der Waals surface area contributed by atoms with Gasteiger partial charge in [-0.3, -0.25) is 9.69 Å². The molecule has 178 valence electrons. The fraction of sp³-hybridized carbons (Fsp3) is 0.478. The Morgan fingerprint density at radius 1 is 1.21 bits per heavy atom. The van der Waals surface area contributed by atoms with Crippen LogP contribution in [0.3, 0.4) is 0 Å². The predicted molar refractivity (Wildman–Crippen MR) is 118 cm³/mol. The van der Waals surface area contributed by atoms with Gasteiger partial charge in [-0.15, -0.1) is 0 Å². The summed E-state index contributed by atoms with van der Waals surface area (Å²) < 4.78 is 29.2. The van der Waals surface area contributed by atoms with Crippen molar-refractivity contribution >= 4 is 23.5 Å². The van der Waals surface area contributed by atoms with Gasteiger partial charge in [0.25, 0.3) is 0 Å². The number of urea groups is 1. The Kier molecular flexibility index (Phi) is 6.44. The zero-order chi connectivity index (χ0) is 23.8. The highest BCUT2D eigenvalue weighted by atomic mass is 16.8. The number of furan rings is 1. The van der Waals surface area contributed by atoms with Crippen LogP contribution in [0.25, 0.3) is 0 Å². The van der Waals surface area contributed by atoms with E-state index in [1.165, 1.54) is 18.3 Å². The second kappa shape index (κ2) is 9.14. The lowest BCUT2D eigenvalue weighted by molar-refractivity contribution is -0.218. The maximum absolute atomic E-state index is 13.5. The molecule has 3 N–H and O–H groups in total. The number of primary amides is 1. The van der Waals surface area contributed by atoms with Crippen molar-refractivity contribution in [3.05, 3.63) is 48.2 Å². The van der Waals surface area contributed by atoms with E-state index in [1.54, 1.807) is 38.1 Å². The van der Waals surface area contributed by atoms with Crippen LogP contribution in [-0.4, -0.2) is 55.5 Å². The molecule has 0 saturated carbocycles. The van der Waals surface area contributed by atoms with E-state index in [0.29, 0.717) is 5.69 Å². The highest BCUT2D eigenvalue weighted by Crippen LogP contribution is 2.41. The van der Waals surface area contributed by atoms with Gasteiger partial charge in [0.2, 0.25) is 11.8 Å². The minimum Gasteiger partial charge on any atom is -0.448 e. The number of hydrogen-bond donors (Lipinski definition) is 2. The summed E-state index contributed by atoms with van der Waals surface area (Å²) in [6.45, 7) is 5.51. The van der Waals surface area contributed by atoms with Gasteiger partial charge in [-0.05, 0) is 39.0 Å². The van der Waals surface area contributed by atoms with E-state index in [-0.39, 0.29) is 12.3 Å². The van der Waals surface area contributed by atoms with E-state index >= 15 is 0 Å². The monoisotopic (exact) mass is 459 g/mol. The van der Waals surface area contributed by atoms with Gasteiger partial charge in [0.15, 0.2) is 12.1 Å². The first kappa shape index (κ1) is 23.2. The number of nitrogens with zero attached hydrogens (tertiary/aromatic N) is 1. The van der Waals surface area contributed by atoms with E-state index in [1.807, 2.05) is 19.1 Å². The number of carbonyl (C=O) groups excluding carboxylic acids is 2. The van der Waals surface area contributed by atoms with E-state index in [0.717, 1.165) is 5.56 Å². The molecular formula is C23H29N3O7. The largest absolute Gasteiger partial charge is 0.448 e. The molecule has 10 heteroatoms. The molecule has 0 unspecified atom stereocenters. The molecule has 2 aliphatic rings. The molecule has 2 fully saturated rings. The van der Waals surface area contributed by atoms with Crippen molar-refractivity contribution in [1.82, 2.24) is 0 Å². The van der Waals surface area contributed by atoms with Crippen LogP contribution in [0.15, 0.2) is 47.1 Å². The van der Waals surface area contributed by atoms with Crippen molar-refractivity contribution in [1.29, 1.82) is 0 Å². The number of ether oxygens (including phenoxy) is 4. The molecule has 1 aromatic carbocycles. The van der Waals surface area contributed by atoms with Gasteiger partial charge in [0.05, 0.1) is 18.7 Å². The predicted octanol–water partition coefficient (Wildman–Crippen LogP) is 2.76. The van der Waals surface area contributed by atoms with Crippen LogP contribution in [0.5, 0.6) is 0 Å². The SMILES string of the molecule is CO[C@@H]1[C@H]2OC(C)(C)O[C@H]2O[C@@H]1[C@H](CC(N)=O)N(C(=O)Nc1ccc(C)cc1)c1ccco1. The smallest absolute Gasteiger partial charge is 0.329 e. The fourth-order valence-corrected chi connectivity index (χ4v) is 4.28. The topological polar surface area (TPSA) is 125 Å². The number of hydrogen-bond acceptors (Lipinski definition) is 7. The Morgan fingerprint density at radius 2 is 1.94 bits per heavy atom. The van der Waals surface area contributed by atoms with Crippen LogP contribution in [-0.2, 0) is 23.7 Å². The lowest BCUT2D eigenvalue weighted by atomic mass is 9.98. The molecule has 5 atom stereocenters. The number of benzene rings is 1. The molecule has 0 bridgehead atoms. The Hall–Kier alpha value is -2.92. The van der Waals surface area contributed by atoms with Gasteiger partial charge in [0.1, 0.15) is 18.3 Å². The van der Waals surface area contributed by atoms with Gasteiger partial charge in [-0.25, -0.2) is 4.79 Å². The van der Waals surface area contributed by atoms with E-state index < -0.39 is 48.4 Å². The summed E-state index contributed by atoms with van der Waals surface area (Å²) in [6, 6.07) is 9.23. The quantitative estimate of drug-likeness (QED) is 0.652. The fourth-order valence-electron chi connectivity index (χ4n) is 4.28. The van der Waals surface area contributed by atoms with E-state index in [4.69, 9.17) is 29.1 Å². The first-order valence-electron chi connectivity index (χ1n) is 10.7. The maximum Gasteiger partial charge on any atom is 0.329 e. The average molecular weight is 459 g/mol. The Balaban J connectivity index is 1.67. The van der Waals surface area contributed by atoms with Crippen LogP contribution in [0, 0.1) is 6.92 Å². The first-order valence-corrected chi connectivity index (χ1v) is 10.7. The van der Waals surface area contributed by atoms with Crippen molar-refractivity contribution in [2.75, 3.05) is 17.3 Å². The number of rotatable bonds is 7. The van der Waals surface area contributed by atoms with Crippen molar-refractivity contribution in [2.24, 2.45) is 5.73 Å². The Bertz CT molecular complexity index is 976. The maximum atomic E-state index is 13.5. The summed E-state index contributed by atoms with van der Waals surface area (Å²) in [5.41, 5.74) is 7.22. The van der Waals surface area contributed by atoms with Crippen molar-refractivity contribution < 1.29 is 33.0 Å². The standard InChI is InChI=1S/C23H29N3O7/c1-13-7-9-14(10-8-13)25-22(28)26(17-6-5-11-30-17)15(12-16(24)27)18-19(29-4)20-21(31-18)33-23(2,3)32-20/h5-11,15,18-21H,12H2,1-4H3,(H2,24,27)(H,25,28)/t15-,18+,19-,20+,21+/m0/s1. The molecule has 3 heterocycles. The first-order chi connectivity index (χ1) is 15.7. The lowest BCUT2D eigenvalue weighted by Crippen LogP contribution is -2.55. The minimum atomic E-state index is -0.857. The second-order valence-electron chi connectivity index (χ2n) is 8.62. The zero-order valence-electron chi connectivity index (χ0n) is 19.0. The summed E-state index contributed by atoms with van der Waals surface area (Å²) >= 11 is 0. The molecule has 0 radical (unpaired) electrons. The number of fused-ring (bicyclic) bond motifs is 1. The van der Waals surface area contributed by atoms with Crippen molar-refractivity contribution in [3.63, 3.8) is 0 Å². The third-order valence-electron chi connectivity index (χ3n) is 5.69. The normalized spacial score (nSPS) is 26.5. The number of nitrogens with two attached hydrogens (primary N) is 1. The molecule has 3 amide bonds. The van der Waals surface area contributed by atoms with E-state index in [9.17, 15) is 9.59 Å². The number of aryl methyl sites for hydroxylation is 1. The van der Waals surface area contributed by atoms with Gasteiger partial charge in [-0.1, -0.05) is 17.7 Å². The van der Waals surface area contributed by atoms with Crippen LogP contribution in [0.2, 0.25) is 0 Å². The summed E-state index contributed by atoms with van der Waals surface area (Å²) in [6.07, 6.45) is -1.41. The van der Waals surface area contributed by atoms with Crippen LogP contribution in [0.4, 0.5) is 16.4 Å². The molecule has 0 aliphatic carbocycles. The van der Waals surface area contributed by atoms with Gasteiger partial charge >= 0.3 is 6.03 Å².